The predicted octanol–water partition coefficient (Wildman–Crippen LogP) is 2.20. The van der Waals surface area contributed by atoms with Crippen LogP contribution >= 0.6 is 0 Å². The van der Waals surface area contributed by atoms with E-state index in [0.29, 0.717) is 5.92 Å². The number of aliphatic hydroxyl groups excluding tert-OH is 1. The van der Waals surface area contributed by atoms with Crippen molar-refractivity contribution in [3.05, 3.63) is 30.1 Å². The van der Waals surface area contributed by atoms with Crippen molar-refractivity contribution < 1.29 is 5.11 Å². The molecular formula is C15H21N3O. The molecular weight excluding hydrogens is 238 g/mol. The smallest absolute Gasteiger partial charge is 0.137 e. The number of hydrogen-bond donors (Lipinski definition) is 3. The minimum absolute atomic E-state index is 0.0853. The number of aromatic nitrogens is 2. The summed E-state index contributed by atoms with van der Waals surface area (Å²) in [4.78, 5) is 7.49. The maximum absolute atomic E-state index is 9.66. The van der Waals surface area contributed by atoms with E-state index in [9.17, 15) is 5.11 Å². The fourth-order valence-electron chi connectivity index (χ4n) is 3.02. The molecule has 0 aliphatic heterocycles. The van der Waals surface area contributed by atoms with Crippen molar-refractivity contribution >= 4 is 11.0 Å². The summed E-state index contributed by atoms with van der Waals surface area (Å²) in [7, 11) is 0. The third-order valence-corrected chi connectivity index (χ3v) is 4.04. The van der Waals surface area contributed by atoms with Crippen LogP contribution in [-0.2, 0) is 6.54 Å². The molecule has 0 saturated heterocycles. The van der Waals surface area contributed by atoms with Crippen LogP contribution in [0.5, 0.6) is 0 Å². The first-order valence-corrected chi connectivity index (χ1v) is 7.12. The number of nitrogens with zero attached hydrogens (tertiary/aromatic N) is 1. The van der Waals surface area contributed by atoms with Crippen LogP contribution in [0.15, 0.2) is 24.5 Å². The van der Waals surface area contributed by atoms with Crippen molar-refractivity contribution in [3.63, 3.8) is 0 Å². The lowest BCUT2D eigenvalue weighted by atomic mass is 9.87. The van der Waals surface area contributed by atoms with Gasteiger partial charge < -0.3 is 15.4 Å². The molecule has 1 saturated carbocycles. The minimum Gasteiger partial charge on any atom is -0.393 e. The Bertz CT molecular complexity index is 537. The van der Waals surface area contributed by atoms with Gasteiger partial charge in [-0.3, -0.25) is 0 Å². The van der Waals surface area contributed by atoms with Crippen molar-refractivity contribution in [2.75, 3.05) is 6.54 Å². The molecule has 0 spiro atoms. The highest BCUT2D eigenvalue weighted by atomic mass is 16.3. The number of aromatic amines is 1. The minimum atomic E-state index is -0.0853. The van der Waals surface area contributed by atoms with Crippen molar-refractivity contribution in [1.82, 2.24) is 15.3 Å². The second kappa shape index (κ2) is 5.72. The second-order valence-electron chi connectivity index (χ2n) is 5.53. The van der Waals surface area contributed by atoms with E-state index in [1.54, 1.807) is 6.20 Å². The fraction of sp³-hybridized carbons (Fsp3) is 0.533. The third-order valence-electron chi connectivity index (χ3n) is 4.04. The largest absolute Gasteiger partial charge is 0.393 e. The van der Waals surface area contributed by atoms with E-state index in [1.807, 2.05) is 12.3 Å². The normalized spacial score (nSPS) is 23.8. The maximum Gasteiger partial charge on any atom is 0.137 e. The summed E-state index contributed by atoms with van der Waals surface area (Å²) in [5.41, 5.74) is 2.21. The highest BCUT2D eigenvalue weighted by Crippen LogP contribution is 2.23. The molecule has 2 aromatic heterocycles. The molecule has 1 fully saturated rings. The molecule has 0 aromatic carbocycles. The summed E-state index contributed by atoms with van der Waals surface area (Å²) in [5.74, 6) is 0.618. The van der Waals surface area contributed by atoms with E-state index >= 15 is 0 Å². The van der Waals surface area contributed by atoms with Crippen LogP contribution in [0.4, 0.5) is 0 Å². The van der Waals surface area contributed by atoms with Gasteiger partial charge in [-0.1, -0.05) is 6.42 Å². The zero-order chi connectivity index (χ0) is 13.1. The van der Waals surface area contributed by atoms with Gasteiger partial charge in [-0.15, -0.1) is 0 Å². The predicted molar refractivity (Wildman–Crippen MR) is 75.8 cm³/mol. The summed E-state index contributed by atoms with van der Waals surface area (Å²) in [6, 6.07) is 4.07. The van der Waals surface area contributed by atoms with Gasteiger partial charge in [0.1, 0.15) is 5.65 Å². The Morgan fingerprint density at radius 1 is 1.42 bits per heavy atom. The number of aliphatic hydroxyl groups is 1. The molecule has 1 aliphatic rings. The van der Waals surface area contributed by atoms with Gasteiger partial charge in [-0.05, 0) is 49.4 Å². The Morgan fingerprint density at radius 2 is 2.37 bits per heavy atom. The number of nitrogens with one attached hydrogen (secondary N) is 2. The summed E-state index contributed by atoms with van der Waals surface area (Å²) in [6.45, 7) is 1.85. The lowest BCUT2D eigenvalue weighted by molar-refractivity contribution is 0.101. The monoisotopic (exact) mass is 259 g/mol. The molecule has 0 radical (unpaired) electrons. The highest BCUT2D eigenvalue weighted by Gasteiger charge is 2.19. The number of rotatable bonds is 4. The van der Waals surface area contributed by atoms with E-state index < -0.39 is 0 Å². The van der Waals surface area contributed by atoms with Gasteiger partial charge in [0.05, 0.1) is 6.10 Å². The second-order valence-corrected chi connectivity index (χ2v) is 5.53. The summed E-state index contributed by atoms with van der Waals surface area (Å²) < 4.78 is 0. The Balaban J connectivity index is 1.55. The van der Waals surface area contributed by atoms with Crippen molar-refractivity contribution in [3.8, 4) is 0 Å². The molecule has 102 valence electrons. The quantitative estimate of drug-likeness (QED) is 0.789. The SMILES string of the molecule is OC1CCCC(CNCc2c[nH]c3ncccc23)C1. The highest BCUT2D eigenvalue weighted by molar-refractivity contribution is 5.79. The maximum atomic E-state index is 9.66. The molecule has 0 bridgehead atoms. The van der Waals surface area contributed by atoms with E-state index in [0.717, 1.165) is 38.0 Å². The van der Waals surface area contributed by atoms with Gasteiger partial charge in [0.15, 0.2) is 0 Å². The average Bonchev–Trinajstić information content (AvgIpc) is 2.83. The van der Waals surface area contributed by atoms with Crippen molar-refractivity contribution in [1.29, 1.82) is 0 Å². The van der Waals surface area contributed by atoms with Crippen LogP contribution in [0.3, 0.4) is 0 Å². The summed E-state index contributed by atoms with van der Waals surface area (Å²) in [6.07, 6.45) is 8.06. The summed E-state index contributed by atoms with van der Waals surface area (Å²) in [5, 5.41) is 14.4. The molecule has 4 heteroatoms. The summed E-state index contributed by atoms with van der Waals surface area (Å²) >= 11 is 0. The van der Waals surface area contributed by atoms with Gasteiger partial charge in [-0.25, -0.2) is 4.98 Å². The molecule has 3 N–H and O–H groups in total. The Morgan fingerprint density at radius 3 is 3.26 bits per heavy atom. The number of pyridine rings is 1. The molecule has 2 heterocycles. The number of fused-ring (bicyclic) bond motifs is 1. The first-order chi connectivity index (χ1) is 9.33. The Kier molecular flexibility index (Phi) is 3.80. The van der Waals surface area contributed by atoms with Gasteiger partial charge in [0, 0.05) is 24.3 Å². The van der Waals surface area contributed by atoms with Crippen LogP contribution in [0.1, 0.15) is 31.2 Å². The zero-order valence-corrected chi connectivity index (χ0v) is 11.1. The Hall–Kier alpha value is -1.39. The first-order valence-electron chi connectivity index (χ1n) is 7.12. The van der Waals surface area contributed by atoms with E-state index in [4.69, 9.17) is 0 Å². The third kappa shape index (κ3) is 2.96. The molecule has 2 atom stereocenters. The molecule has 2 aromatic rings. The van der Waals surface area contributed by atoms with Crippen LogP contribution < -0.4 is 5.32 Å². The van der Waals surface area contributed by atoms with Crippen LogP contribution in [-0.4, -0.2) is 27.7 Å². The zero-order valence-electron chi connectivity index (χ0n) is 11.1. The molecule has 0 amide bonds. The van der Waals surface area contributed by atoms with E-state index in [1.165, 1.54) is 17.4 Å². The van der Waals surface area contributed by atoms with Crippen LogP contribution in [0.25, 0.3) is 11.0 Å². The first kappa shape index (κ1) is 12.6. The molecule has 2 unspecified atom stereocenters. The average molecular weight is 259 g/mol. The Labute approximate surface area is 113 Å². The number of hydrogen-bond acceptors (Lipinski definition) is 3. The number of H-pyrrole nitrogens is 1. The van der Waals surface area contributed by atoms with Gasteiger partial charge in [-0.2, -0.15) is 0 Å². The molecule has 4 nitrogen and oxygen atoms in total. The molecule has 3 rings (SSSR count). The van der Waals surface area contributed by atoms with Crippen LogP contribution in [0, 0.1) is 5.92 Å². The lowest BCUT2D eigenvalue weighted by Crippen LogP contribution is -2.28. The van der Waals surface area contributed by atoms with E-state index in [2.05, 4.69) is 21.4 Å². The van der Waals surface area contributed by atoms with Gasteiger partial charge in [0.2, 0.25) is 0 Å². The van der Waals surface area contributed by atoms with Gasteiger partial charge >= 0.3 is 0 Å². The lowest BCUT2D eigenvalue weighted by Gasteiger charge is -2.25. The van der Waals surface area contributed by atoms with Gasteiger partial charge in [0.25, 0.3) is 0 Å². The molecule has 19 heavy (non-hydrogen) atoms. The van der Waals surface area contributed by atoms with Crippen molar-refractivity contribution in [2.24, 2.45) is 5.92 Å². The van der Waals surface area contributed by atoms with E-state index in [-0.39, 0.29) is 6.10 Å². The topological polar surface area (TPSA) is 60.9 Å². The fourth-order valence-corrected chi connectivity index (χ4v) is 3.02. The van der Waals surface area contributed by atoms with Crippen LogP contribution in [0.2, 0.25) is 0 Å². The standard InChI is InChI=1S/C15H21N3O/c19-13-4-1-3-11(7-13)8-16-9-12-10-18-15-14(12)5-2-6-17-15/h2,5-6,10-11,13,16,19H,1,3-4,7-9H2,(H,17,18). The molecule has 1 aliphatic carbocycles. The van der Waals surface area contributed by atoms with Crippen molar-refractivity contribution in [2.45, 2.75) is 38.3 Å².